The molecule has 2 aromatic rings. The van der Waals surface area contributed by atoms with Gasteiger partial charge in [0.15, 0.2) is 5.78 Å². The molecule has 2 aromatic carbocycles. The Morgan fingerprint density at radius 1 is 0.920 bits per heavy atom. The first-order valence-corrected chi connectivity index (χ1v) is 9.89. The molecular formula is C23H22OS. The third kappa shape index (κ3) is 2.75. The van der Waals surface area contributed by atoms with Crippen LogP contribution in [0.15, 0.2) is 82.6 Å². The van der Waals surface area contributed by atoms with E-state index in [4.69, 9.17) is 0 Å². The smallest absolute Gasteiger partial charge is 0.175 e. The summed E-state index contributed by atoms with van der Waals surface area (Å²) < 4.78 is 0. The van der Waals surface area contributed by atoms with Crippen LogP contribution in [0, 0.1) is 5.92 Å². The van der Waals surface area contributed by atoms with Crippen LogP contribution in [0.5, 0.6) is 0 Å². The van der Waals surface area contributed by atoms with Crippen molar-refractivity contribution in [1.29, 1.82) is 0 Å². The SMILES string of the molecule is CC(C)(C)c1ccc(S2=C3C=CC=CC3C(=O)c3ccccc32)cc1. The Hall–Kier alpha value is -2.19. The fraction of sp³-hybridized carbons (Fsp3) is 0.217. The topological polar surface area (TPSA) is 17.1 Å². The van der Waals surface area contributed by atoms with Crippen molar-refractivity contribution < 1.29 is 4.79 Å². The summed E-state index contributed by atoms with van der Waals surface area (Å²) in [5.74, 6) is 0.104. The summed E-state index contributed by atoms with van der Waals surface area (Å²) in [5, 5.41) is 0. The van der Waals surface area contributed by atoms with Crippen molar-refractivity contribution in [2.45, 2.75) is 36.0 Å². The van der Waals surface area contributed by atoms with E-state index in [0.29, 0.717) is 0 Å². The Morgan fingerprint density at radius 2 is 1.64 bits per heavy atom. The average Bonchev–Trinajstić information content (AvgIpc) is 2.62. The van der Waals surface area contributed by atoms with Crippen molar-refractivity contribution in [3.8, 4) is 0 Å². The average molecular weight is 346 g/mol. The van der Waals surface area contributed by atoms with Gasteiger partial charge < -0.3 is 0 Å². The highest BCUT2D eigenvalue weighted by Gasteiger charge is 2.32. The van der Waals surface area contributed by atoms with Crippen molar-refractivity contribution in [3.05, 3.63) is 84.0 Å². The molecule has 2 heteroatoms. The summed E-state index contributed by atoms with van der Waals surface area (Å²) in [6.45, 7) is 6.70. The van der Waals surface area contributed by atoms with Crippen LogP contribution >= 0.6 is 10.5 Å². The molecule has 1 aliphatic carbocycles. The third-order valence-electron chi connectivity index (χ3n) is 4.83. The molecule has 0 N–H and O–H groups in total. The number of allylic oxidation sites excluding steroid dienone is 4. The first kappa shape index (κ1) is 16.3. The zero-order chi connectivity index (χ0) is 17.6. The number of carbonyl (C=O) groups excluding carboxylic acids is 1. The van der Waals surface area contributed by atoms with Crippen LogP contribution in [0.3, 0.4) is 0 Å². The Kier molecular flexibility index (Phi) is 3.88. The molecule has 2 atom stereocenters. The number of fused-ring (bicyclic) bond motifs is 2. The van der Waals surface area contributed by atoms with Gasteiger partial charge in [-0.25, -0.2) is 0 Å². The predicted molar refractivity (Wildman–Crippen MR) is 107 cm³/mol. The van der Waals surface area contributed by atoms with Crippen LogP contribution in [0.4, 0.5) is 0 Å². The molecule has 0 radical (unpaired) electrons. The van der Waals surface area contributed by atoms with E-state index in [1.54, 1.807) is 0 Å². The van der Waals surface area contributed by atoms with Crippen molar-refractivity contribution >= 4 is 21.1 Å². The van der Waals surface area contributed by atoms with Gasteiger partial charge in [0.05, 0.1) is 5.92 Å². The lowest BCUT2D eigenvalue weighted by Crippen LogP contribution is -2.27. The van der Waals surface area contributed by atoms with E-state index in [9.17, 15) is 4.79 Å². The number of benzene rings is 2. The zero-order valence-corrected chi connectivity index (χ0v) is 15.6. The monoisotopic (exact) mass is 346 g/mol. The quantitative estimate of drug-likeness (QED) is 0.598. The highest BCUT2D eigenvalue weighted by molar-refractivity contribution is 8.16. The predicted octanol–water partition coefficient (Wildman–Crippen LogP) is 5.78. The maximum Gasteiger partial charge on any atom is 0.175 e. The lowest BCUT2D eigenvalue weighted by Gasteiger charge is -2.29. The second-order valence-corrected chi connectivity index (χ2v) is 9.56. The summed E-state index contributed by atoms with van der Waals surface area (Å²) in [7, 11) is -0.197. The van der Waals surface area contributed by atoms with Gasteiger partial charge in [0.2, 0.25) is 0 Å². The van der Waals surface area contributed by atoms with Crippen molar-refractivity contribution in [2.75, 3.05) is 0 Å². The number of carbonyl (C=O) groups is 1. The maximum absolute atomic E-state index is 12.9. The minimum atomic E-state index is -0.197. The van der Waals surface area contributed by atoms with Crippen molar-refractivity contribution in [2.24, 2.45) is 5.92 Å². The van der Waals surface area contributed by atoms with Crippen LogP contribution < -0.4 is 0 Å². The molecule has 0 saturated heterocycles. The molecule has 0 amide bonds. The second-order valence-electron chi connectivity index (χ2n) is 7.57. The Balaban J connectivity index is 1.93. The highest BCUT2D eigenvalue weighted by atomic mass is 32.2. The first-order valence-electron chi connectivity index (χ1n) is 8.66. The zero-order valence-electron chi connectivity index (χ0n) is 14.8. The van der Waals surface area contributed by atoms with Gasteiger partial charge in [-0.3, -0.25) is 4.79 Å². The fourth-order valence-corrected chi connectivity index (χ4v) is 5.88. The lowest BCUT2D eigenvalue weighted by molar-refractivity contribution is 0.0969. The van der Waals surface area contributed by atoms with E-state index in [-0.39, 0.29) is 27.6 Å². The molecule has 1 aliphatic heterocycles. The standard InChI is InChI=1S/C23H22OS/c1-23(2,3)16-12-14-17(15-13-16)25-20-10-6-4-8-18(20)22(24)19-9-5-7-11-21(19)25/h4-15,18H,1-3H3. The van der Waals surface area contributed by atoms with Gasteiger partial charge in [0.25, 0.3) is 0 Å². The Labute approximate surface area is 152 Å². The van der Waals surface area contributed by atoms with E-state index < -0.39 is 0 Å². The van der Waals surface area contributed by atoms with Crippen LogP contribution in [0.1, 0.15) is 36.7 Å². The maximum atomic E-state index is 12.9. The Bertz CT molecular complexity index is 937. The van der Waals surface area contributed by atoms with Crippen LogP contribution in [0.25, 0.3) is 0 Å². The number of rotatable bonds is 1. The molecule has 2 aliphatic rings. The van der Waals surface area contributed by atoms with Crippen LogP contribution in [-0.4, -0.2) is 10.6 Å². The molecule has 2 unspecified atom stereocenters. The number of Topliss-reactive ketones (excluding diaryl/α,β-unsaturated/α-hetero) is 1. The van der Waals surface area contributed by atoms with E-state index >= 15 is 0 Å². The van der Waals surface area contributed by atoms with E-state index in [0.717, 1.165) is 10.5 Å². The van der Waals surface area contributed by atoms with E-state index in [1.165, 1.54) is 15.3 Å². The number of ketones is 1. The normalized spacial score (nSPS) is 21.9. The summed E-state index contributed by atoms with van der Waals surface area (Å²) in [4.78, 5) is 16.6. The van der Waals surface area contributed by atoms with Gasteiger partial charge in [-0.2, -0.15) is 0 Å². The van der Waals surface area contributed by atoms with Crippen LogP contribution in [0.2, 0.25) is 0 Å². The second kappa shape index (κ2) is 5.96. The largest absolute Gasteiger partial charge is 0.293 e. The summed E-state index contributed by atoms with van der Waals surface area (Å²) in [6.07, 6.45) is 8.22. The number of hydrogen-bond acceptors (Lipinski definition) is 1. The van der Waals surface area contributed by atoms with Crippen molar-refractivity contribution in [3.63, 3.8) is 0 Å². The molecule has 126 valence electrons. The lowest BCUT2D eigenvalue weighted by atomic mass is 9.87. The van der Waals surface area contributed by atoms with Gasteiger partial charge in [-0.05, 0) is 34.0 Å². The first-order chi connectivity index (χ1) is 12.0. The van der Waals surface area contributed by atoms with E-state index in [1.807, 2.05) is 30.4 Å². The third-order valence-corrected chi connectivity index (χ3v) is 7.23. The van der Waals surface area contributed by atoms with Crippen molar-refractivity contribution in [1.82, 2.24) is 0 Å². The highest BCUT2D eigenvalue weighted by Crippen LogP contribution is 2.46. The minimum absolute atomic E-state index is 0.120. The van der Waals surface area contributed by atoms with Gasteiger partial charge >= 0.3 is 0 Å². The van der Waals surface area contributed by atoms with E-state index in [2.05, 4.69) is 63.3 Å². The number of hydrogen-bond donors (Lipinski definition) is 0. The molecule has 25 heavy (non-hydrogen) atoms. The van der Waals surface area contributed by atoms with Crippen LogP contribution in [-0.2, 0) is 5.41 Å². The van der Waals surface area contributed by atoms with Gasteiger partial charge in [-0.15, -0.1) is 10.5 Å². The molecule has 0 aromatic heterocycles. The molecule has 0 bridgehead atoms. The molecule has 1 nitrogen and oxygen atoms in total. The molecule has 0 fully saturated rings. The summed E-state index contributed by atoms with van der Waals surface area (Å²) >= 11 is 0. The molecule has 0 saturated carbocycles. The molecule has 1 heterocycles. The molecule has 4 rings (SSSR count). The molecular weight excluding hydrogens is 324 g/mol. The minimum Gasteiger partial charge on any atom is -0.293 e. The fourth-order valence-electron chi connectivity index (χ4n) is 3.43. The van der Waals surface area contributed by atoms with Gasteiger partial charge in [-0.1, -0.05) is 75.4 Å². The Morgan fingerprint density at radius 3 is 2.36 bits per heavy atom. The molecule has 0 spiro atoms. The summed E-state index contributed by atoms with van der Waals surface area (Å²) in [5.41, 5.74) is 2.35. The van der Waals surface area contributed by atoms with Gasteiger partial charge in [0, 0.05) is 15.4 Å². The summed E-state index contributed by atoms with van der Waals surface area (Å²) in [6, 6.07) is 17.1. The van der Waals surface area contributed by atoms with Gasteiger partial charge in [0.1, 0.15) is 0 Å².